The number of nitrogens with one attached hydrogen (secondary N) is 1. The summed E-state index contributed by atoms with van der Waals surface area (Å²) in [4.78, 5) is 12.1. The molecule has 0 bridgehead atoms. The molecular weight excluding hydrogens is 267 g/mol. The molecule has 1 aromatic rings. The maximum atomic E-state index is 13.7. The molecule has 3 N–H and O–H groups in total. The lowest BCUT2D eigenvalue weighted by molar-refractivity contribution is -0.126. The number of hydrogen-bond acceptors (Lipinski definition) is 2. The van der Waals surface area contributed by atoms with Crippen molar-refractivity contribution in [3.8, 4) is 0 Å². The molecule has 1 amide bonds. The van der Waals surface area contributed by atoms with Crippen LogP contribution in [0, 0.1) is 5.82 Å². The van der Waals surface area contributed by atoms with Gasteiger partial charge in [-0.05, 0) is 33.8 Å². The third kappa shape index (κ3) is 4.80. The van der Waals surface area contributed by atoms with Crippen molar-refractivity contribution >= 4 is 18.3 Å². The summed E-state index contributed by atoms with van der Waals surface area (Å²) in [6.45, 7) is 7.39. The molecule has 0 aromatic heterocycles. The molecule has 1 rings (SSSR count). The van der Waals surface area contributed by atoms with Crippen molar-refractivity contribution in [3.05, 3.63) is 35.6 Å². The molecule has 0 atom stereocenters. The smallest absolute Gasteiger partial charge is 0.230 e. The van der Waals surface area contributed by atoms with E-state index >= 15 is 0 Å². The van der Waals surface area contributed by atoms with Gasteiger partial charge in [0.2, 0.25) is 5.91 Å². The largest absolute Gasteiger partial charge is 0.354 e. The van der Waals surface area contributed by atoms with Crippen molar-refractivity contribution in [2.75, 3.05) is 6.54 Å². The van der Waals surface area contributed by atoms with E-state index < -0.39 is 11.0 Å². The Morgan fingerprint density at radius 1 is 1.26 bits per heavy atom. The Labute approximate surface area is 120 Å². The topological polar surface area (TPSA) is 55.1 Å². The second-order valence-corrected chi connectivity index (χ2v) is 5.78. The summed E-state index contributed by atoms with van der Waals surface area (Å²) in [7, 11) is 0. The molecule has 0 aliphatic carbocycles. The number of halogens is 2. The lowest BCUT2D eigenvalue weighted by atomic mass is 9.83. The van der Waals surface area contributed by atoms with Crippen molar-refractivity contribution in [2.24, 2.45) is 5.73 Å². The minimum Gasteiger partial charge on any atom is -0.354 e. The van der Waals surface area contributed by atoms with Crippen molar-refractivity contribution in [1.29, 1.82) is 0 Å². The zero-order valence-electron chi connectivity index (χ0n) is 11.8. The van der Waals surface area contributed by atoms with Crippen LogP contribution < -0.4 is 11.1 Å². The molecule has 1 aromatic carbocycles. The highest BCUT2D eigenvalue weighted by Gasteiger charge is 2.32. The minimum atomic E-state index is -0.920. The van der Waals surface area contributed by atoms with E-state index in [0.29, 0.717) is 12.1 Å². The van der Waals surface area contributed by atoms with Gasteiger partial charge >= 0.3 is 0 Å². The number of hydrogen-bond donors (Lipinski definition) is 2. The highest BCUT2D eigenvalue weighted by atomic mass is 35.5. The van der Waals surface area contributed by atoms with E-state index in [2.05, 4.69) is 5.32 Å². The number of rotatable bonds is 4. The van der Waals surface area contributed by atoms with Crippen molar-refractivity contribution in [2.45, 2.75) is 38.6 Å². The van der Waals surface area contributed by atoms with Crippen LogP contribution in [0.2, 0.25) is 0 Å². The Balaban J connectivity index is 0.00000324. The van der Waals surface area contributed by atoms with Crippen LogP contribution in [0.15, 0.2) is 24.3 Å². The third-order valence-corrected chi connectivity index (χ3v) is 2.82. The maximum absolute atomic E-state index is 13.7. The van der Waals surface area contributed by atoms with Gasteiger partial charge in [-0.15, -0.1) is 12.4 Å². The molecule has 0 unspecified atom stereocenters. The van der Waals surface area contributed by atoms with Crippen molar-refractivity contribution < 1.29 is 9.18 Å². The fraction of sp³-hybridized carbons (Fsp3) is 0.500. The summed E-state index contributed by atoms with van der Waals surface area (Å²) >= 11 is 0. The van der Waals surface area contributed by atoms with E-state index in [4.69, 9.17) is 5.73 Å². The molecule has 0 aliphatic heterocycles. The molecule has 5 heteroatoms. The monoisotopic (exact) mass is 288 g/mol. The maximum Gasteiger partial charge on any atom is 0.230 e. The highest BCUT2D eigenvalue weighted by Crippen LogP contribution is 2.25. The summed E-state index contributed by atoms with van der Waals surface area (Å²) in [5.74, 6) is -0.601. The molecule has 3 nitrogen and oxygen atoms in total. The standard InChI is InChI=1S/C14H21FN2O.ClH/c1-13(2,16)9-17-12(18)14(3,4)10-7-5-6-8-11(10)15;/h5-8H,9,16H2,1-4H3,(H,17,18);1H. The number of carbonyl (C=O) groups excluding carboxylic acids is 1. The Morgan fingerprint density at radius 3 is 2.26 bits per heavy atom. The van der Waals surface area contributed by atoms with Crippen LogP contribution in [-0.2, 0) is 10.2 Å². The zero-order chi connectivity index (χ0) is 14.0. The number of nitrogens with two attached hydrogens (primary N) is 1. The normalized spacial score (nSPS) is 11.7. The lowest BCUT2D eigenvalue weighted by Gasteiger charge is -2.27. The average molecular weight is 289 g/mol. The van der Waals surface area contributed by atoms with E-state index in [0.717, 1.165) is 0 Å². The number of benzene rings is 1. The second kappa shape index (κ2) is 6.35. The molecular formula is C14H22ClFN2O. The van der Waals surface area contributed by atoms with Gasteiger partial charge in [-0.25, -0.2) is 4.39 Å². The molecule has 0 saturated heterocycles. The fourth-order valence-electron chi connectivity index (χ4n) is 1.62. The van der Waals surface area contributed by atoms with Gasteiger partial charge in [0.15, 0.2) is 0 Å². The molecule has 19 heavy (non-hydrogen) atoms. The first kappa shape index (κ1) is 17.9. The number of amides is 1. The predicted octanol–water partition coefficient (Wildman–Crippen LogP) is 2.38. The summed E-state index contributed by atoms with van der Waals surface area (Å²) in [6, 6.07) is 6.32. The molecule has 108 valence electrons. The third-order valence-electron chi connectivity index (χ3n) is 2.82. The van der Waals surface area contributed by atoms with E-state index in [1.165, 1.54) is 6.07 Å². The molecule has 0 radical (unpaired) electrons. The van der Waals surface area contributed by atoms with Gasteiger partial charge in [0, 0.05) is 17.6 Å². The van der Waals surface area contributed by atoms with Gasteiger partial charge in [-0.1, -0.05) is 18.2 Å². The summed E-state index contributed by atoms with van der Waals surface area (Å²) < 4.78 is 13.7. The average Bonchev–Trinajstić information content (AvgIpc) is 2.25. The zero-order valence-corrected chi connectivity index (χ0v) is 12.6. The van der Waals surface area contributed by atoms with Gasteiger partial charge < -0.3 is 11.1 Å². The minimum absolute atomic E-state index is 0. The highest BCUT2D eigenvalue weighted by molar-refractivity contribution is 5.87. The van der Waals surface area contributed by atoms with E-state index in [1.807, 2.05) is 13.8 Å². The Hall–Kier alpha value is -1.13. The Morgan fingerprint density at radius 2 is 1.79 bits per heavy atom. The summed E-state index contributed by atoms with van der Waals surface area (Å²) in [5.41, 5.74) is 4.79. The van der Waals surface area contributed by atoms with Crippen LogP contribution in [0.4, 0.5) is 4.39 Å². The number of carbonyl (C=O) groups is 1. The van der Waals surface area contributed by atoms with E-state index in [-0.39, 0.29) is 24.1 Å². The Kier molecular flexibility index (Phi) is 5.97. The van der Waals surface area contributed by atoms with Crippen LogP contribution >= 0.6 is 12.4 Å². The lowest BCUT2D eigenvalue weighted by Crippen LogP contribution is -2.49. The van der Waals surface area contributed by atoms with Crippen LogP contribution in [0.25, 0.3) is 0 Å². The van der Waals surface area contributed by atoms with Crippen LogP contribution in [0.5, 0.6) is 0 Å². The molecule has 0 fully saturated rings. The summed E-state index contributed by atoms with van der Waals surface area (Å²) in [5, 5.41) is 2.76. The quantitative estimate of drug-likeness (QED) is 0.894. The van der Waals surface area contributed by atoms with Gasteiger partial charge in [0.25, 0.3) is 0 Å². The molecule has 0 spiro atoms. The van der Waals surface area contributed by atoms with Crippen molar-refractivity contribution in [1.82, 2.24) is 5.32 Å². The first-order chi connectivity index (χ1) is 8.14. The van der Waals surface area contributed by atoms with Crippen LogP contribution in [-0.4, -0.2) is 18.0 Å². The molecule has 0 heterocycles. The van der Waals surface area contributed by atoms with Gasteiger partial charge in [-0.3, -0.25) is 4.79 Å². The van der Waals surface area contributed by atoms with E-state index in [9.17, 15) is 9.18 Å². The van der Waals surface area contributed by atoms with Crippen molar-refractivity contribution in [3.63, 3.8) is 0 Å². The van der Waals surface area contributed by atoms with Crippen LogP contribution in [0.3, 0.4) is 0 Å². The molecule has 0 saturated carbocycles. The molecule has 0 aliphatic rings. The predicted molar refractivity (Wildman–Crippen MR) is 78.0 cm³/mol. The first-order valence-electron chi connectivity index (χ1n) is 5.97. The van der Waals surface area contributed by atoms with E-state index in [1.54, 1.807) is 32.0 Å². The van der Waals surface area contributed by atoms with Gasteiger partial charge in [0.05, 0.1) is 5.41 Å². The fourth-order valence-corrected chi connectivity index (χ4v) is 1.62. The SMILES string of the molecule is CC(C)(N)CNC(=O)C(C)(C)c1ccccc1F.Cl. The summed E-state index contributed by atoms with van der Waals surface area (Å²) in [6.07, 6.45) is 0. The Bertz CT molecular complexity index is 441. The first-order valence-corrected chi connectivity index (χ1v) is 5.97. The van der Waals surface area contributed by atoms with Gasteiger partial charge in [-0.2, -0.15) is 0 Å². The van der Waals surface area contributed by atoms with Gasteiger partial charge in [0.1, 0.15) is 5.82 Å². The van der Waals surface area contributed by atoms with Crippen LogP contribution in [0.1, 0.15) is 33.3 Å². The second-order valence-electron chi connectivity index (χ2n) is 5.78.